The lowest BCUT2D eigenvalue weighted by atomic mass is 10.1. The number of hydrogen-bond acceptors (Lipinski definition) is 5. The van der Waals surface area contributed by atoms with Gasteiger partial charge in [-0.3, -0.25) is 14.5 Å². The molecule has 2 aliphatic rings. The van der Waals surface area contributed by atoms with E-state index in [0.717, 1.165) is 6.92 Å². The van der Waals surface area contributed by atoms with E-state index >= 15 is 0 Å². The Morgan fingerprint density at radius 3 is 2.72 bits per heavy atom. The highest BCUT2D eigenvalue weighted by atomic mass is 19.4. The number of nitrogens with one attached hydrogen (secondary N) is 2. The molecule has 2 aromatic heterocycles. The Hall–Kier alpha value is -3.57. The number of alkyl halides is 3. The Kier molecular flexibility index (Phi) is 5.31. The Bertz CT molecular complexity index is 1130. The van der Waals surface area contributed by atoms with Crippen LogP contribution in [-0.2, 0) is 7.05 Å². The normalized spacial score (nSPS) is 18.2. The quantitative estimate of drug-likeness (QED) is 0.746. The molecule has 9 nitrogen and oxygen atoms in total. The van der Waals surface area contributed by atoms with Crippen molar-refractivity contribution in [3.8, 4) is 0 Å². The van der Waals surface area contributed by atoms with E-state index in [9.17, 15) is 27.6 Å². The highest BCUT2D eigenvalue weighted by Gasteiger charge is 2.41. The van der Waals surface area contributed by atoms with Gasteiger partial charge in [0.25, 0.3) is 11.5 Å². The number of aromatic nitrogens is 2. The molecule has 12 heteroatoms. The van der Waals surface area contributed by atoms with Gasteiger partial charge in [0.1, 0.15) is 17.4 Å². The smallest absolute Gasteiger partial charge is 0.366 e. The van der Waals surface area contributed by atoms with Crippen molar-refractivity contribution in [2.75, 3.05) is 28.2 Å². The molecule has 1 fully saturated rings. The van der Waals surface area contributed by atoms with Gasteiger partial charge in [-0.1, -0.05) is 0 Å². The molecule has 0 radical (unpaired) electrons. The topological polar surface area (TPSA) is 99.6 Å². The fraction of sp³-hybridized carbons (Fsp3) is 0.400. The highest BCUT2D eigenvalue weighted by molar-refractivity contribution is 6.05. The van der Waals surface area contributed by atoms with Crippen molar-refractivity contribution in [3.63, 3.8) is 0 Å². The molecule has 1 saturated heterocycles. The molecule has 3 amide bonds. The molecule has 0 aliphatic carbocycles. The number of fused-ring (bicyclic) bond motifs is 4. The minimum absolute atomic E-state index is 0.0786. The zero-order chi connectivity index (χ0) is 23.2. The Balaban J connectivity index is 1.65. The average molecular weight is 450 g/mol. The standard InChI is InChI=1S/C20H21F3N6O3/c1-11(20(21,22)23)24-17(30)13-5-6-15-16(25-13)29(12-7-9-28(15)10-12)19(32)26-14-4-3-8-27(2)18(14)31/h3-6,8,11-12H,7,9-10H2,1-2H3,(H,24,30)(H,26,32)/t11?,12-/m0/s1. The van der Waals surface area contributed by atoms with Crippen molar-refractivity contribution in [2.24, 2.45) is 7.05 Å². The van der Waals surface area contributed by atoms with Crippen LogP contribution in [0.25, 0.3) is 0 Å². The maximum absolute atomic E-state index is 13.1. The molecule has 170 valence electrons. The molecule has 2 atom stereocenters. The fourth-order valence-corrected chi connectivity index (χ4v) is 3.82. The van der Waals surface area contributed by atoms with Gasteiger partial charge in [-0.25, -0.2) is 9.78 Å². The lowest BCUT2D eigenvalue weighted by Crippen LogP contribution is -2.49. The average Bonchev–Trinajstić information content (AvgIpc) is 3.14. The van der Waals surface area contributed by atoms with Crippen LogP contribution in [0.5, 0.6) is 0 Å². The number of carbonyl (C=O) groups excluding carboxylic acids is 2. The third-order valence-corrected chi connectivity index (χ3v) is 5.61. The van der Waals surface area contributed by atoms with Crippen molar-refractivity contribution in [2.45, 2.75) is 31.6 Å². The maximum Gasteiger partial charge on any atom is 0.408 e. The van der Waals surface area contributed by atoms with Crippen LogP contribution < -0.4 is 26.0 Å². The van der Waals surface area contributed by atoms with E-state index in [2.05, 4.69) is 10.3 Å². The minimum atomic E-state index is -4.59. The molecule has 32 heavy (non-hydrogen) atoms. The van der Waals surface area contributed by atoms with Crippen molar-refractivity contribution in [1.82, 2.24) is 14.9 Å². The molecule has 2 bridgehead atoms. The first-order chi connectivity index (χ1) is 15.1. The molecular weight excluding hydrogens is 429 g/mol. The number of carbonyl (C=O) groups is 2. The van der Waals surface area contributed by atoms with E-state index in [-0.39, 0.29) is 23.2 Å². The molecule has 0 aromatic carbocycles. The second-order valence-corrected chi connectivity index (χ2v) is 7.80. The van der Waals surface area contributed by atoms with Gasteiger partial charge in [-0.2, -0.15) is 13.2 Å². The fourth-order valence-electron chi connectivity index (χ4n) is 3.82. The SMILES string of the molecule is CC(NC(=O)c1ccc2c(n1)N(C(=O)Nc1cccn(C)c1=O)[C@H]1CCN2C1)C(F)(F)F. The van der Waals surface area contributed by atoms with Crippen LogP contribution in [-0.4, -0.2) is 52.8 Å². The number of pyridine rings is 2. The molecule has 2 aliphatic heterocycles. The van der Waals surface area contributed by atoms with E-state index in [0.29, 0.717) is 25.2 Å². The molecule has 0 saturated carbocycles. The van der Waals surface area contributed by atoms with Crippen LogP contribution >= 0.6 is 0 Å². The predicted molar refractivity (Wildman–Crippen MR) is 111 cm³/mol. The van der Waals surface area contributed by atoms with E-state index in [1.54, 1.807) is 25.4 Å². The predicted octanol–water partition coefficient (Wildman–Crippen LogP) is 2.09. The number of amides is 3. The number of halogens is 3. The van der Waals surface area contributed by atoms with Crippen LogP contribution in [0.15, 0.2) is 35.3 Å². The highest BCUT2D eigenvalue weighted by Crippen LogP contribution is 2.39. The summed E-state index contributed by atoms with van der Waals surface area (Å²) in [6.45, 7) is 2.04. The zero-order valence-corrected chi connectivity index (χ0v) is 17.3. The van der Waals surface area contributed by atoms with Gasteiger partial charge >= 0.3 is 12.2 Å². The van der Waals surface area contributed by atoms with E-state index in [1.165, 1.54) is 21.6 Å². The zero-order valence-electron chi connectivity index (χ0n) is 17.3. The van der Waals surface area contributed by atoms with Gasteiger partial charge in [-0.15, -0.1) is 0 Å². The minimum Gasteiger partial charge on any atom is -0.366 e. The van der Waals surface area contributed by atoms with Gasteiger partial charge in [0, 0.05) is 26.3 Å². The lowest BCUT2D eigenvalue weighted by Gasteiger charge is -2.35. The number of nitrogens with zero attached hydrogens (tertiary/aromatic N) is 4. The summed E-state index contributed by atoms with van der Waals surface area (Å²) in [7, 11) is 1.55. The second-order valence-electron chi connectivity index (χ2n) is 7.80. The molecule has 1 unspecified atom stereocenters. The van der Waals surface area contributed by atoms with Crippen LogP contribution in [0.1, 0.15) is 23.8 Å². The molecule has 0 spiro atoms. The molecule has 2 N–H and O–H groups in total. The van der Waals surface area contributed by atoms with Gasteiger partial charge in [-0.05, 0) is 37.6 Å². The molecule has 4 rings (SSSR count). The first-order valence-electron chi connectivity index (χ1n) is 9.95. The summed E-state index contributed by atoms with van der Waals surface area (Å²) in [6.07, 6.45) is -2.40. The summed E-state index contributed by atoms with van der Waals surface area (Å²) in [6, 6.07) is 3.08. The summed E-state index contributed by atoms with van der Waals surface area (Å²) in [5.74, 6) is -0.834. The Morgan fingerprint density at radius 1 is 1.25 bits per heavy atom. The summed E-state index contributed by atoms with van der Waals surface area (Å²) >= 11 is 0. The monoisotopic (exact) mass is 450 g/mol. The molecule has 2 aromatic rings. The van der Waals surface area contributed by atoms with E-state index in [4.69, 9.17) is 0 Å². The van der Waals surface area contributed by atoms with Gasteiger partial charge < -0.3 is 20.1 Å². The number of aryl methyl sites for hydroxylation is 1. The van der Waals surface area contributed by atoms with E-state index in [1.807, 2.05) is 10.2 Å². The Labute approximate surface area is 180 Å². The third kappa shape index (κ3) is 3.87. The van der Waals surface area contributed by atoms with Gasteiger partial charge in [0.2, 0.25) is 0 Å². The third-order valence-electron chi connectivity index (χ3n) is 5.61. The number of urea groups is 1. The first kappa shape index (κ1) is 21.7. The maximum atomic E-state index is 13.1. The van der Waals surface area contributed by atoms with Crippen LogP contribution in [0.2, 0.25) is 0 Å². The largest absolute Gasteiger partial charge is 0.408 e. The Morgan fingerprint density at radius 2 is 2.00 bits per heavy atom. The van der Waals surface area contributed by atoms with Crippen LogP contribution in [0.4, 0.5) is 35.2 Å². The van der Waals surface area contributed by atoms with Gasteiger partial charge in [0.15, 0.2) is 5.82 Å². The van der Waals surface area contributed by atoms with E-state index < -0.39 is 29.7 Å². The summed E-state index contributed by atoms with van der Waals surface area (Å²) in [5.41, 5.74) is 0.0364. The molecular formula is C20H21F3N6O3. The van der Waals surface area contributed by atoms with Crippen molar-refractivity contribution in [3.05, 3.63) is 46.5 Å². The van der Waals surface area contributed by atoms with Crippen LogP contribution in [0, 0.1) is 0 Å². The lowest BCUT2D eigenvalue weighted by molar-refractivity contribution is -0.149. The van der Waals surface area contributed by atoms with Crippen molar-refractivity contribution >= 4 is 29.1 Å². The second kappa shape index (κ2) is 7.84. The first-order valence-corrected chi connectivity index (χ1v) is 9.95. The number of rotatable bonds is 3. The summed E-state index contributed by atoms with van der Waals surface area (Å²) < 4.78 is 39.8. The summed E-state index contributed by atoms with van der Waals surface area (Å²) in [5, 5.41) is 4.47. The summed E-state index contributed by atoms with van der Waals surface area (Å²) in [4.78, 5) is 45.4. The number of hydrogen-bond donors (Lipinski definition) is 2. The van der Waals surface area contributed by atoms with Crippen LogP contribution in [0.3, 0.4) is 0 Å². The molecule has 4 heterocycles. The van der Waals surface area contributed by atoms with Crippen molar-refractivity contribution in [1.29, 1.82) is 0 Å². The van der Waals surface area contributed by atoms with Gasteiger partial charge in [0.05, 0.1) is 11.7 Å². The number of anilines is 3. The van der Waals surface area contributed by atoms with Crippen molar-refractivity contribution < 1.29 is 22.8 Å².